The zero-order valence-electron chi connectivity index (χ0n) is 25.0. The number of anilines is 1. The van der Waals surface area contributed by atoms with Gasteiger partial charge in [-0.3, -0.25) is 9.69 Å². The van der Waals surface area contributed by atoms with Gasteiger partial charge in [-0.1, -0.05) is 55.9 Å². The number of aliphatic imine (C=N–C) groups is 1. The second kappa shape index (κ2) is 13.1. The van der Waals surface area contributed by atoms with E-state index in [9.17, 15) is 22.8 Å². The maximum absolute atomic E-state index is 12.9. The molecule has 3 aromatic carbocycles. The van der Waals surface area contributed by atoms with Gasteiger partial charge in [0.25, 0.3) is 0 Å². The molecule has 1 unspecified atom stereocenters. The maximum atomic E-state index is 12.9. The van der Waals surface area contributed by atoms with Crippen LogP contribution in [0.1, 0.15) is 43.4 Å². The van der Waals surface area contributed by atoms with Crippen LogP contribution in [0.5, 0.6) is 5.75 Å². The number of carbonyl (C=O) groups excluding carboxylic acids is 2. The average Bonchev–Trinajstić information content (AvgIpc) is 3.59. The van der Waals surface area contributed by atoms with Gasteiger partial charge in [0.2, 0.25) is 5.91 Å². The van der Waals surface area contributed by atoms with Crippen molar-refractivity contribution in [2.24, 2.45) is 4.99 Å². The number of thioether (sulfide) groups is 1. The Morgan fingerprint density at radius 2 is 1.84 bits per heavy atom. The van der Waals surface area contributed by atoms with Crippen LogP contribution in [-0.4, -0.2) is 50.0 Å². The first-order valence-electron chi connectivity index (χ1n) is 14.2. The number of hydrogen-bond donors (Lipinski definition) is 1. The Bertz CT molecular complexity index is 1740. The Labute approximate surface area is 262 Å². The molecule has 1 saturated heterocycles. The number of aryl methyl sites for hydroxylation is 1. The highest BCUT2D eigenvalue weighted by Gasteiger charge is 2.33. The number of carbonyl (C=O) groups is 2. The van der Waals surface area contributed by atoms with E-state index >= 15 is 0 Å². The number of hydrogen-bond acceptors (Lipinski definition) is 6. The van der Waals surface area contributed by atoms with E-state index in [1.54, 1.807) is 0 Å². The molecule has 0 aliphatic carbocycles. The fraction of sp³-hybridized carbons (Fsp3) is 0.281. The highest BCUT2D eigenvalue weighted by atomic mass is 32.2. The number of nitrogens with zero attached hydrogens (tertiary/aromatic N) is 5. The number of halogens is 3. The summed E-state index contributed by atoms with van der Waals surface area (Å²) in [7, 11) is 0. The Hall–Kier alpha value is -4.65. The zero-order valence-corrected chi connectivity index (χ0v) is 25.8. The summed E-state index contributed by atoms with van der Waals surface area (Å²) in [5.41, 5.74) is 4.93. The topological polar surface area (TPSA) is 102 Å². The van der Waals surface area contributed by atoms with Gasteiger partial charge in [-0.05, 0) is 79.3 Å². The molecule has 2 heterocycles. The van der Waals surface area contributed by atoms with Crippen molar-refractivity contribution in [2.75, 3.05) is 10.7 Å². The number of alkyl halides is 3. The molecule has 4 aromatic rings. The third kappa shape index (κ3) is 7.90. The van der Waals surface area contributed by atoms with Gasteiger partial charge in [-0.15, -0.1) is 18.3 Å². The standard InChI is InChI=1S/C32H31F3N6O3S/c1-19(2)26-13-8-20(3)14-27(26)41-28(42)17-45-31(41)38-30(43)37-21(4)15-22-6-5-7-23(16-22)29-36-18-40(39-29)24-9-11-25(12-10-24)44-32(33,34)35/h5-14,16,18-19,21H,15,17H2,1-4H3,(H,37,43)/b38-31-. The van der Waals surface area contributed by atoms with Crippen LogP contribution in [0, 0.1) is 6.92 Å². The molecule has 0 spiro atoms. The lowest BCUT2D eigenvalue weighted by Gasteiger charge is -2.22. The second-order valence-electron chi connectivity index (χ2n) is 10.9. The van der Waals surface area contributed by atoms with Gasteiger partial charge in [-0.25, -0.2) is 14.5 Å². The predicted molar refractivity (Wildman–Crippen MR) is 168 cm³/mol. The van der Waals surface area contributed by atoms with Gasteiger partial charge in [-0.2, -0.15) is 4.99 Å². The number of benzene rings is 3. The second-order valence-corrected chi connectivity index (χ2v) is 11.9. The van der Waals surface area contributed by atoms with E-state index in [2.05, 4.69) is 39.0 Å². The van der Waals surface area contributed by atoms with Crippen molar-refractivity contribution < 1.29 is 27.5 Å². The van der Waals surface area contributed by atoms with Gasteiger partial charge >= 0.3 is 12.4 Å². The Balaban J connectivity index is 1.24. The molecule has 13 heteroatoms. The van der Waals surface area contributed by atoms with Gasteiger partial charge < -0.3 is 10.1 Å². The van der Waals surface area contributed by atoms with E-state index in [1.807, 2.05) is 56.3 Å². The van der Waals surface area contributed by atoms with Crippen molar-refractivity contribution in [3.05, 3.63) is 89.7 Å². The quantitative estimate of drug-likeness (QED) is 0.223. The SMILES string of the molecule is Cc1ccc(C(C)C)c(N2C(=O)CS/C2=N\C(=O)NC(C)Cc2cccc(-c3ncn(-c4ccc(OC(F)(F)F)cc4)n3)c2)c1. The fourth-order valence-electron chi connectivity index (χ4n) is 4.91. The van der Waals surface area contributed by atoms with Crippen molar-refractivity contribution in [1.29, 1.82) is 0 Å². The summed E-state index contributed by atoms with van der Waals surface area (Å²) in [6, 6.07) is 18.0. The normalized spacial score (nSPS) is 15.2. The van der Waals surface area contributed by atoms with Crippen molar-refractivity contribution in [2.45, 2.75) is 52.4 Å². The first kappa shape index (κ1) is 31.8. The van der Waals surface area contributed by atoms with Crippen molar-refractivity contribution in [1.82, 2.24) is 20.1 Å². The number of amidine groups is 1. The third-order valence-electron chi connectivity index (χ3n) is 6.94. The van der Waals surface area contributed by atoms with Crippen LogP contribution in [0.2, 0.25) is 0 Å². The number of amides is 3. The van der Waals surface area contributed by atoms with Crippen LogP contribution in [0.3, 0.4) is 0 Å². The molecule has 234 valence electrons. The van der Waals surface area contributed by atoms with Crippen LogP contribution in [0.4, 0.5) is 23.7 Å². The fourth-order valence-corrected chi connectivity index (χ4v) is 5.77. The molecular formula is C32H31F3N6O3S. The summed E-state index contributed by atoms with van der Waals surface area (Å²) in [4.78, 5) is 35.9. The van der Waals surface area contributed by atoms with Crippen LogP contribution in [0.15, 0.2) is 78.0 Å². The van der Waals surface area contributed by atoms with Gasteiger partial charge in [0.1, 0.15) is 12.1 Å². The lowest BCUT2D eigenvalue weighted by molar-refractivity contribution is -0.274. The number of rotatable bonds is 8. The number of nitrogens with one attached hydrogen (secondary N) is 1. The Morgan fingerprint density at radius 3 is 2.56 bits per heavy atom. The van der Waals surface area contributed by atoms with E-state index in [4.69, 9.17) is 0 Å². The molecule has 1 fully saturated rings. The smallest absolute Gasteiger partial charge is 0.406 e. The number of ether oxygens (including phenoxy) is 1. The summed E-state index contributed by atoms with van der Waals surface area (Å²) in [6.07, 6.45) is -2.80. The van der Waals surface area contributed by atoms with Gasteiger partial charge in [0.15, 0.2) is 11.0 Å². The molecule has 45 heavy (non-hydrogen) atoms. The molecule has 1 N–H and O–H groups in total. The summed E-state index contributed by atoms with van der Waals surface area (Å²) < 4.78 is 42.7. The minimum absolute atomic E-state index is 0.118. The molecule has 3 amide bonds. The molecule has 5 rings (SSSR count). The third-order valence-corrected chi connectivity index (χ3v) is 7.86. The average molecular weight is 637 g/mol. The van der Waals surface area contributed by atoms with Crippen LogP contribution in [-0.2, 0) is 11.2 Å². The summed E-state index contributed by atoms with van der Waals surface area (Å²) in [6.45, 7) is 7.94. The van der Waals surface area contributed by atoms with Gasteiger partial charge in [0.05, 0.1) is 17.1 Å². The summed E-state index contributed by atoms with van der Waals surface area (Å²) in [5, 5.41) is 7.71. The minimum Gasteiger partial charge on any atom is -0.406 e. The lowest BCUT2D eigenvalue weighted by atomic mass is 9.99. The van der Waals surface area contributed by atoms with E-state index in [1.165, 1.54) is 51.9 Å². The molecule has 0 radical (unpaired) electrons. The van der Waals surface area contributed by atoms with E-state index in [-0.39, 0.29) is 29.4 Å². The minimum atomic E-state index is -4.77. The lowest BCUT2D eigenvalue weighted by Crippen LogP contribution is -2.35. The first-order valence-corrected chi connectivity index (χ1v) is 15.2. The molecule has 1 aliphatic rings. The first-order chi connectivity index (χ1) is 21.4. The molecule has 1 aromatic heterocycles. The van der Waals surface area contributed by atoms with Crippen LogP contribution < -0.4 is 15.0 Å². The predicted octanol–water partition coefficient (Wildman–Crippen LogP) is 7.04. The summed E-state index contributed by atoms with van der Waals surface area (Å²) >= 11 is 1.24. The molecule has 1 atom stereocenters. The summed E-state index contributed by atoms with van der Waals surface area (Å²) in [5.74, 6) is 0.373. The molecule has 0 bridgehead atoms. The number of urea groups is 1. The van der Waals surface area contributed by atoms with E-state index < -0.39 is 12.4 Å². The van der Waals surface area contributed by atoms with Crippen LogP contribution in [0.25, 0.3) is 17.1 Å². The van der Waals surface area contributed by atoms with Crippen LogP contribution >= 0.6 is 11.8 Å². The van der Waals surface area contributed by atoms with Gasteiger partial charge in [0, 0.05) is 11.6 Å². The highest BCUT2D eigenvalue weighted by molar-refractivity contribution is 8.15. The van der Waals surface area contributed by atoms with E-state index in [0.717, 1.165) is 27.9 Å². The zero-order chi connectivity index (χ0) is 32.3. The van der Waals surface area contributed by atoms with Crippen molar-refractivity contribution in [3.63, 3.8) is 0 Å². The molecular weight excluding hydrogens is 605 g/mol. The Kier molecular flexibility index (Phi) is 9.28. The van der Waals surface area contributed by atoms with E-state index in [0.29, 0.717) is 23.1 Å². The highest BCUT2D eigenvalue weighted by Crippen LogP contribution is 2.34. The largest absolute Gasteiger partial charge is 0.573 e. The maximum Gasteiger partial charge on any atom is 0.573 e. The molecule has 0 saturated carbocycles. The molecule has 1 aliphatic heterocycles. The monoisotopic (exact) mass is 636 g/mol. The van der Waals surface area contributed by atoms with Crippen molar-refractivity contribution >= 4 is 34.6 Å². The Morgan fingerprint density at radius 1 is 1.09 bits per heavy atom. The molecule has 9 nitrogen and oxygen atoms in total. The van der Waals surface area contributed by atoms with Crippen molar-refractivity contribution in [3.8, 4) is 22.8 Å². The number of aromatic nitrogens is 3.